The zero-order valence-corrected chi connectivity index (χ0v) is 19.3. The maximum Gasteiger partial charge on any atom is 0.328 e. The van der Waals surface area contributed by atoms with Crippen LogP contribution in [0, 0.1) is 5.92 Å². The van der Waals surface area contributed by atoms with E-state index < -0.39 is 66.3 Å². The lowest BCUT2D eigenvalue weighted by Gasteiger charge is -2.26. The van der Waals surface area contributed by atoms with E-state index in [1.54, 1.807) is 13.8 Å². The number of aromatic amines is 1. The number of carbonyl (C=O) groups is 5. The number of aliphatic hydroxyl groups excluding tert-OH is 1. The molecule has 0 saturated carbocycles. The summed E-state index contributed by atoms with van der Waals surface area (Å²) in [4.78, 5) is 67.2. The van der Waals surface area contributed by atoms with E-state index in [2.05, 4.69) is 25.9 Å². The largest absolute Gasteiger partial charge is 0.480 e. The van der Waals surface area contributed by atoms with Crippen LogP contribution in [0.2, 0.25) is 0 Å². The molecule has 14 nitrogen and oxygen atoms in total. The maximum absolute atomic E-state index is 13.1. The van der Waals surface area contributed by atoms with E-state index in [0.29, 0.717) is 5.69 Å². The second-order valence-electron chi connectivity index (χ2n) is 8.37. The van der Waals surface area contributed by atoms with Gasteiger partial charge >= 0.3 is 5.97 Å². The number of aliphatic carboxylic acids is 1. The molecule has 1 rings (SSSR count). The van der Waals surface area contributed by atoms with E-state index in [0.717, 1.165) is 0 Å². The summed E-state index contributed by atoms with van der Waals surface area (Å²) in [6.45, 7) is 4.80. The fourth-order valence-corrected chi connectivity index (χ4v) is 3.03. The number of hydrogen-bond donors (Lipinski definition) is 8. The monoisotopic (exact) mass is 483 g/mol. The van der Waals surface area contributed by atoms with Gasteiger partial charge in [-0.25, -0.2) is 9.78 Å². The van der Waals surface area contributed by atoms with Gasteiger partial charge in [0.2, 0.25) is 23.6 Å². The summed E-state index contributed by atoms with van der Waals surface area (Å²) in [5, 5.41) is 26.0. The topological polar surface area (TPSA) is 243 Å². The van der Waals surface area contributed by atoms with Crippen molar-refractivity contribution >= 4 is 29.6 Å². The minimum Gasteiger partial charge on any atom is -0.480 e. The van der Waals surface area contributed by atoms with Crippen LogP contribution in [0.15, 0.2) is 12.5 Å². The highest BCUT2D eigenvalue weighted by Crippen LogP contribution is 2.08. The van der Waals surface area contributed by atoms with Crippen molar-refractivity contribution in [1.29, 1.82) is 0 Å². The molecule has 4 amide bonds. The number of rotatable bonds is 14. The van der Waals surface area contributed by atoms with Crippen molar-refractivity contribution in [2.45, 2.75) is 70.3 Å². The van der Waals surface area contributed by atoms with Gasteiger partial charge in [-0.05, 0) is 19.3 Å². The molecule has 0 radical (unpaired) electrons. The predicted octanol–water partition coefficient (Wildman–Crippen LogP) is -2.88. The molecule has 0 aromatic carbocycles. The molecule has 14 heteroatoms. The van der Waals surface area contributed by atoms with Gasteiger partial charge in [0, 0.05) is 18.3 Å². The summed E-state index contributed by atoms with van der Waals surface area (Å²) in [5.41, 5.74) is 11.2. The van der Waals surface area contributed by atoms with Gasteiger partial charge in [-0.2, -0.15) is 0 Å². The first kappa shape index (κ1) is 28.5. The minimum atomic E-state index is -1.58. The summed E-state index contributed by atoms with van der Waals surface area (Å²) >= 11 is 0. The summed E-state index contributed by atoms with van der Waals surface area (Å²) in [6.07, 6.45) is 1.11. The highest BCUT2D eigenvalue weighted by atomic mass is 16.4. The molecule has 0 fully saturated rings. The van der Waals surface area contributed by atoms with Crippen LogP contribution in [0.4, 0.5) is 0 Å². The quantitative estimate of drug-likeness (QED) is 0.135. The summed E-state index contributed by atoms with van der Waals surface area (Å²) in [6, 6.07) is -5.23. The smallest absolute Gasteiger partial charge is 0.328 e. The third-order valence-corrected chi connectivity index (χ3v) is 4.76. The first-order valence-electron chi connectivity index (χ1n) is 10.6. The van der Waals surface area contributed by atoms with Crippen molar-refractivity contribution < 1.29 is 34.2 Å². The molecular formula is C20H33N7O7. The molecule has 1 aromatic heterocycles. The number of carbonyl (C=O) groups excluding carboxylic acids is 4. The van der Waals surface area contributed by atoms with E-state index >= 15 is 0 Å². The molecule has 0 aliphatic heterocycles. The molecule has 0 spiro atoms. The van der Waals surface area contributed by atoms with E-state index in [9.17, 15) is 34.2 Å². The predicted molar refractivity (Wildman–Crippen MR) is 119 cm³/mol. The second kappa shape index (κ2) is 13.3. The van der Waals surface area contributed by atoms with E-state index in [4.69, 9.17) is 11.5 Å². The molecule has 5 atom stereocenters. The highest BCUT2D eigenvalue weighted by Gasteiger charge is 2.32. The average Bonchev–Trinajstić information content (AvgIpc) is 3.22. The number of aromatic nitrogens is 2. The van der Waals surface area contributed by atoms with Crippen molar-refractivity contribution in [3.05, 3.63) is 18.2 Å². The molecule has 1 aromatic rings. The number of carboxylic acids is 1. The molecule has 0 aliphatic carbocycles. The molecule has 0 aliphatic rings. The highest BCUT2D eigenvalue weighted by molar-refractivity contribution is 5.95. The van der Waals surface area contributed by atoms with Gasteiger partial charge in [-0.15, -0.1) is 0 Å². The summed E-state index contributed by atoms with van der Waals surface area (Å²) in [7, 11) is 0. The van der Waals surface area contributed by atoms with Crippen molar-refractivity contribution in [2.24, 2.45) is 17.4 Å². The fourth-order valence-electron chi connectivity index (χ4n) is 3.03. The van der Waals surface area contributed by atoms with Gasteiger partial charge in [-0.1, -0.05) is 13.8 Å². The van der Waals surface area contributed by atoms with Crippen molar-refractivity contribution in [3.8, 4) is 0 Å². The van der Waals surface area contributed by atoms with Gasteiger partial charge < -0.3 is 42.6 Å². The lowest BCUT2D eigenvalue weighted by atomic mass is 10.0. The molecule has 10 N–H and O–H groups in total. The third-order valence-electron chi connectivity index (χ3n) is 4.76. The van der Waals surface area contributed by atoms with Gasteiger partial charge in [0.05, 0.1) is 24.9 Å². The first-order valence-corrected chi connectivity index (χ1v) is 10.6. The normalized spacial score (nSPS) is 15.5. The maximum atomic E-state index is 13.1. The number of nitrogens with zero attached hydrogens (tertiary/aromatic N) is 1. The molecule has 0 bridgehead atoms. The molecule has 1 heterocycles. The van der Waals surface area contributed by atoms with Crippen LogP contribution in [-0.4, -0.2) is 80.1 Å². The number of nitrogens with two attached hydrogens (primary N) is 2. The Hall–Kier alpha value is -3.52. The number of nitrogens with one attached hydrogen (secondary N) is 4. The molecule has 0 saturated heterocycles. The van der Waals surface area contributed by atoms with Crippen LogP contribution in [0.1, 0.15) is 39.3 Å². The standard InChI is InChI=1S/C20H33N7O7/c1-9(2)4-13(19(32)27-16(10(3)28)20(33)34)26-18(31)14(5-11-7-23-8-24-11)25-17(30)12(21)6-15(22)29/h7-10,12-14,16,28H,4-6,21H2,1-3H3,(H2,22,29)(H,23,24)(H,25,30)(H,26,31)(H,27,32)(H,33,34). The van der Waals surface area contributed by atoms with Gasteiger partial charge in [0.15, 0.2) is 6.04 Å². The van der Waals surface area contributed by atoms with E-state index in [1.807, 2.05) is 0 Å². The first-order chi connectivity index (χ1) is 15.8. The number of carboxylic acid groups (broad SMARTS) is 1. The molecular weight excluding hydrogens is 450 g/mol. The Morgan fingerprint density at radius 2 is 1.62 bits per heavy atom. The third kappa shape index (κ3) is 9.54. The number of hydrogen-bond acceptors (Lipinski definition) is 8. The fraction of sp³-hybridized carbons (Fsp3) is 0.600. The Morgan fingerprint density at radius 1 is 1.03 bits per heavy atom. The summed E-state index contributed by atoms with van der Waals surface area (Å²) in [5.74, 6) is -4.67. The Morgan fingerprint density at radius 3 is 2.09 bits per heavy atom. The zero-order valence-electron chi connectivity index (χ0n) is 19.3. The van der Waals surface area contributed by atoms with Gasteiger partial charge in [0.1, 0.15) is 12.1 Å². The lowest BCUT2D eigenvalue weighted by molar-refractivity contribution is -0.145. The molecule has 190 valence electrons. The number of aliphatic hydroxyl groups is 1. The van der Waals surface area contributed by atoms with E-state index in [-0.39, 0.29) is 18.8 Å². The van der Waals surface area contributed by atoms with Crippen LogP contribution in [0.3, 0.4) is 0 Å². The second-order valence-corrected chi connectivity index (χ2v) is 8.37. The van der Waals surface area contributed by atoms with Crippen LogP contribution in [-0.2, 0) is 30.4 Å². The van der Waals surface area contributed by atoms with Crippen molar-refractivity contribution in [1.82, 2.24) is 25.9 Å². The Labute approximate surface area is 196 Å². The van der Waals surface area contributed by atoms with Crippen molar-refractivity contribution in [2.75, 3.05) is 0 Å². The minimum absolute atomic E-state index is 0.0394. The Bertz CT molecular complexity index is 857. The van der Waals surface area contributed by atoms with Gasteiger partial charge in [0.25, 0.3) is 0 Å². The average molecular weight is 484 g/mol. The number of amides is 4. The van der Waals surface area contributed by atoms with Crippen LogP contribution >= 0.6 is 0 Å². The molecule has 34 heavy (non-hydrogen) atoms. The number of primary amides is 1. The van der Waals surface area contributed by atoms with Gasteiger partial charge in [-0.3, -0.25) is 19.2 Å². The Balaban J connectivity index is 3.06. The lowest BCUT2D eigenvalue weighted by Crippen LogP contribution is -2.59. The van der Waals surface area contributed by atoms with Crippen LogP contribution in [0.5, 0.6) is 0 Å². The summed E-state index contributed by atoms with van der Waals surface area (Å²) < 4.78 is 0. The van der Waals surface area contributed by atoms with Crippen LogP contribution in [0.25, 0.3) is 0 Å². The number of H-pyrrole nitrogens is 1. The zero-order chi connectivity index (χ0) is 26.0. The molecule has 5 unspecified atom stereocenters. The van der Waals surface area contributed by atoms with Crippen LogP contribution < -0.4 is 27.4 Å². The SMILES string of the molecule is CC(C)CC(NC(=O)C(Cc1cnc[nH]1)NC(=O)C(N)CC(N)=O)C(=O)NC(C(=O)O)C(C)O. The Kier molecular flexibility index (Phi) is 11.1. The van der Waals surface area contributed by atoms with Crippen molar-refractivity contribution in [3.63, 3.8) is 0 Å². The number of imidazole rings is 1. The van der Waals surface area contributed by atoms with E-state index in [1.165, 1.54) is 19.4 Å².